The number of para-hydroxylation sites is 1. The van der Waals surface area contributed by atoms with Crippen molar-refractivity contribution in [3.8, 4) is 16.9 Å². The number of hydrogen-bond acceptors (Lipinski definition) is 4. The van der Waals surface area contributed by atoms with E-state index in [1.54, 1.807) is 30.3 Å². The van der Waals surface area contributed by atoms with Gasteiger partial charge in [0.05, 0.1) is 0 Å². The van der Waals surface area contributed by atoms with Gasteiger partial charge in [-0.1, -0.05) is 78.3 Å². The standard InChI is InChI=1S/C24H20ClN3O3S/c25-20-12-6-4-10-18(20)14-15-22(29)26-24(32)28-27-23(30)16-31-21-13-7-5-11-19(21)17-8-2-1-3-9-17/h1-15H,16H2,(H,27,30)(H2,26,28,29,32). The molecule has 0 aliphatic rings. The lowest BCUT2D eigenvalue weighted by atomic mass is 10.1. The van der Waals surface area contributed by atoms with Gasteiger partial charge in [-0.15, -0.1) is 0 Å². The highest BCUT2D eigenvalue weighted by Gasteiger charge is 2.09. The average Bonchev–Trinajstić information content (AvgIpc) is 2.81. The summed E-state index contributed by atoms with van der Waals surface area (Å²) in [5, 5.41) is 2.89. The minimum atomic E-state index is -0.468. The molecule has 2 amide bonds. The average molecular weight is 466 g/mol. The van der Waals surface area contributed by atoms with Gasteiger partial charge in [0.15, 0.2) is 11.7 Å². The number of amides is 2. The summed E-state index contributed by atoms with van der Waals surface area (Å²) in [5.41, 5.74) is 7.41. The van der Waals surface area contributed by atoms with Gasteiger partial charge in [0, 0.05) is 16.7 Å². The lowest BCUT2D eigenvalue weighted by molar-refractivity contribution is -0.123. The number of carbonyl (C=O) groups excluding carboxylic acids is 2. The maximum atomic E-state index is 12.1. The van der Waals surface area contributed by atoms with Crippen molar-refractivity contribution in [2.75, 3.05) is 6.61 Å². The van der Waals surface area contributed by atoms with E-state index in [9.17, 15) is 9.59 Å². The van der Waals surface area contributed by atoms with Crippen molar-refractivity contribution >= 4 is 46.8 Å². The van der Waals surface area contributed by atoms with Crippen LogP contribution >= 0.6 is 23.8 Å². The van der Waals surface area contributed by atoms with Crippen LogP contribution in [-0.2, 0) is 9.59 Å². The Bertz CT molecular complexity index is 1140. The van der Waals surface area contributed by atoms with Gasteiger partial charge < -0.3 is 4.74 Å². The summed E-state index contributed by atoms with van der Waals surface area (Å²) in [6.45, 7) is -0.236. The third-order valence-corrected chi connectivity index (χ3v) is 4.75. The van der Waals surface area contributed by atoms with Gasteiger partial charge in [0.2, 0.25) is 5.91 Å². The van der Waals surface area contributed by atoms with Gasteiger partial charge in [-0.25, -0.2) is 0 Å². The predicted octanol–water partition coefficient (Wildman–Crippen LogP) is 4.12. The number of hydrogen-bond donors (Lipinski definition) is 3. The molecule has 6 nitrogen and oxygen atoms in total. The van der Waals surface area contributed by atoms with E-state index in [4.69, 9.17) is 28.6 Å². The van der Waals surface area contributed by atoms with Crippen molar-refractivity contribution in [2.45, 2.75) is 0 Å². The molecule has 8 heteroatoms. The molecule has 3 rings (SSSR count). The minimum Gasteiger partial charge on any atom is -0.483 e. The summed E-state index contributed by atoms with van der Waals surface area (Å²) in [7, 11) is 0. The zero-order chi connectivity index (χ0) is 22.8. The van der Waals surface area contributed by atoms with Crippen molar-refractivity contribution in [1.82, 2.24) is 16.2 Å². The summed E-state index contributed by atoms with van der Waals surface area (Å²) >= 11 is 11.0. The van der Waals surface area contributed by atoms with E-state index in [2.05, 4.69) is 16.2 Å². The van der Waals surface area contributed by atoms with Gasteiger partial charge in [-0.05, 0) is 41.6 Å². The monoisotopic (exact) mass is 465 g/mol. The second-order valence-electron chi connectivity index (χ2n) is 6.50. The Morgan fingerprint density at radius 1 is 0.906 bits per heavy atom. The Kier molecular flexibility index (Phi) is 8.36. The Balaban J connectivity index is 1.45. The zero-order valence-electron chi connectivity index (χ0n) is 16.9. The molecule has 0 atom stereocenters. The molecule has 0 unspecified atom stereocenters. The lowest BCUT2D eigenvalue weighted by Gasteiger charge is -2.13. The van der Waals surface area contributed by atoms with Gasteiger partial charge in [0.25, 0.3) is 5.91 Å². The number of thiocarbonyl (C=S) groups is 1. The molecule has 32 heavy (non-hydrogen) atoms. The molecule has 0 saturated heterocycles. The summed E-state index contributed by atoms with van der Waals surface area (Å²) in [5.74, 6) is -0.352. The molecular formula is C24H20ClN3O3S. The highest BCUT2D eigenvalue weighted by Crippen LogP contribution is 2.29. The summed E-state index contributed by atoms with van der Waals surface area (Å²) in [6, 6.07) is 24.3. The summed E-state index contributed by atoms with van der Waals surface area (Å²) in [6.07, 6.45) is 2.86. The molecule has 0 saturated carbocycles. The third kappa shape index (κ3) is 6.94. The largest absolute Gasteiger partial charge is 0.483 e. The smallest absolute Gasteiger partial charge is 0.276 e. The van der Waals surface area contributed by atoms with Crippen molar-refractivity contribution in [3.05, 3.63) is 95.5 Å². The molecule has 0 radical (unpaired) electrons. The van der Waals surface area contributed by atoms with Crippen LogP contribution in [0.4, 0.5) is 0 Å². The van der Waals surface area contributed by atoms with Crippen LogP contribution in [0.1, 0.15) is 5.56 Å². The molecule has 0 aliphatic carbocycles. The quantitative estimate of drug-likeness (QED) is 0.290. The third-order valence-electron chi connectivity index (χ3n) is 4.20. The van der Waals surface area contributed by atoms with Crippen LogP contribution in [0.5, 0.6) is 5.75 Å². The van der Waals surface area contributed by atoms with Gasteiger partial charge in [-0.2, -0.15) is 0 Å². The van der Waals surface area contributed by atoms with Crippen molar-refractivity contribution in [2.24, 2.45) is 0 Å². The number of benzene rings is 3. The second-order valence-corrected chi connectivity index (χ2v) is 7.31. The molecule has 0 fully saturated rings. The van der Waals surface area contributed by atoms with Crippen LogP contribution in [0.3, 0.4) is 0 Å². The second kappa shape index (κ2) is 11.6. The fourth-order valence-corrected chi connectivity index (χ4v) is 3.07. The topological polar surface area (TPSA) is 79.5 Å². The van der Waals surface area contributed by atoms with Crippen molar-refractivity contribution in [1.29, 1.82) is 0 Å². The molecule has 0 bridgehead atoms. The molecule has 0 heterocycles. The van der Waals surface area contributed by atoms with Gasteiger partial charge >= 0.3 is 0 Å². The summed E-state index contributed by atoms with van der Waals surface area (Å²) < 4.78 is 5.66. The van der Waals surface area contributed by atoms with Crippen molar-refractivity contribution < 1.29 is 14.3 Å². The first-order chi connectivity index (χ1) is 15.5. The van der Waals surface area contributed by atoms with E-state index in [0.717, 1.165) is 11.1 Å². The Morgan fingerprint density at radius 2 is 1.59 bits per heavy atom. The first-order valence-electron chi connectivity index (χ1n) is 9.62. The van der Waals surface area contributed by atoms with Crippen LogP contribution in [0.25, 0.3) is 17.2 Å². The number of nitrogens with one attached hydrogen (secondary N) is 3. The van der Waals surface area contributed by atoms with E-state index < -0.39 is 11.8 Å². The number of hydrazine groups is 1. The Morgan fingerprint density at radius 3 is 2.38 bits per heavy atom. The highest BCUT2D eigenvalue weighted by atomic mass is 35.5. The van der Waals surface area contributed by atoms with E-state index in [1.807, 2.05) is 54.6 Å². The first kappa shape index (κ1) is 23.0. The molecule has 0 aliphatic heterocycles. The van der Waals surface area contributed by atoms with Crippen LogP contribution in [0.15, 0.2) is 84.9 Å². The Hall–Kier alpha value is -3.68. The number of carbonyl (C=O) groups is 2. The maximum Gasteiger partial charge on any atom is 0.276 e. The first-order valence-corrected chi connectivity index (χ1v) is 10.4. The number of ether oxygens (including phenoxy) is 1. The molecule has 3 aromatic rings. The van der Waals surface area contributed by atoms with Crippen molar-refractivity contribution in [3.63, 3.8) is 0 Å². The van der Waals surface area contributed by atoms with E-state index >= 15 is 0 Å². The SMILES string of the molecule is O=C(C=Cc1ccccc1Cl)NC(=S)NNC(=O)COc1ccccc1-c1ccccc1. The number of halogens is 1. The fraction of sp³-hybridized carbons (Fsp3) is 0.0417. The zero-order valence-corrected chi connectivity index (χ0v) is 18.5. The maximum absolute atomic E-state index is 12.1. The number of rotatable bonds is 6. The Labute approximate surface area is 196 Å². The van der Waals surface area contributed by atoms with Crippen LogP contribution < -0.4 is 20.9 Å². The van der Waals surface area contributed by atoms with Crippen LogP contribution in [-0.4, -0.2) is 23.5 Å². The molecule has 162 valence electrons. The molecule has 3 aromatic carbocycles. The highest BCUT2D eigenvalue weighted by molar-refractivity contribution is 7.80. The van der Waals surface area contributed by atoms with E-state index in [-0.39, 0.29) is 11.7 Å². The van der Waals surface area contributed by atoms with Crippen LogP contribution in [0, 0.1) is 0 Å². The molecule has 3 N–H and O–H groups in total. The summed E-state index contributed by atoms with van der Waals surface area (Å²) in [4.78, 5) is 24.1. The molecular weight excluding hydrogens is 446 g/mol. The lowest BCUT2D eigenvalue weighted by Crippen LogP contribution is -2.49. The van der Waals surface area contributed by atoms with Crippen LogP contribution in [0.2, 0.25) is 5.02 Å². The van der Waals surface area contributed by atoms with Gasteiger partial charge in [0.1, 0.15) is 5.75 Å². The van der Waals surface area contributed by atoms with E-state index in [0.29, 0.717) is 16.3 Å². The predicted molar refractivity (Wildman–Crippen MR) is 130 cm³/mol. The molecule has 0 aromatic heterocycles. The fourth-order valence-electron chi connectivity index (χ4n) is 2.72. The minimum absolute atomic E-state index is 0.0585. The van der Waals surface area contributed by atoms with Gasteiger partial charge in [-0.3, -0.25) is 25.8 Å². The normalized spacial score (nSPS) is 10.4. The molecule has 0 spiro atoms. The van der Waals surface area contributed by atoms with E-state index in [1.165, 1.54) is 6.08 Å².